The number of nitrogens with zero attached hydrogens (tertiary/aromatic N) is 2. The molecule has 0 radical (unpaired) electrons. The Morgan fingerprint density at radius 2 is 1.76 bits per heavy atom. The molecule has 2 aliphatic carbocycles. The maximum atomic E-state index is 12.7. The van der Waals surface area contributed by atoms with E-state index in [1.54, 1.807) is 31.3 Å². The summed E-state index contributed by atoms with van der Waals surface area (Å²) in [7, 11) is 0. The highest BCUT2D eigenvalue weighted by atomic mass is 35.5. The molecule has 2 saturated carbocycles. The number of carbonyl (C=O) groups is 2. The lowest BCUT2D eigenvalue weighted by Gasteiger charge is -2.19. The van der Waals surface area contributed by atoms with Crippen LogP contribution in [0.4, 0.5) is 0 Å². The van der Waals surface area contributed by atoms with E-state index in [1.165, 1.54) is 25.7 Å². The minimum atomic E-state index is -0.695. The number of hydrogen-bond donors (Lipinski definition) is 2. The molecule has 7 nitrogen and oxygen atoms in total. The Morgan fingerprint density at radius 3 is 2.45 bits per heavy atom. The number of carbonyl (C=O) groups excluding carboxylic acids is 2. The first-order valence-electron chi connectivity index (χ1n) is 11.6. The highest BCUT2D eigenvalue weighted by molar-refractivity contribution is 6.34. The number of aromatic nitrogens is 2. The van der Waals surface area contributed by atoms with Gasteiger partial charge in [-0.25, -0.2) is 0 Å². The van der Waals surface area contributed by atoms with Crippen LogP contribution in [0, 0.1) is 5.92 Å². The normalized spacial score (nSPS) is 21.7. The van der Waals surface area contributed by atoms with Gasteiger partial charge in [-0.05, 0) is 63.1 Å². The summed E-state index contributed by atoms with van der Waals surface area (Å²) in [5.74, 6) is 0.790. The second-order valence-corrected chi connectivity index (χ2v) is 10.0. The monoisotopic (exact) mass is 492 g/mol. The molecule has 0 bridgehead atoms. The van der Waals surface area contributed by atoms with Crippen LogP contribution < -0.4 is 15.4 Å². The molecule has 178 valence electrons. The van der Waals surface area contributed by atoms with Crippen molar-refractivity contribution in [3.63, 3.8) is 0 Å². The average molecular weight is 493 g/mol. The van der Waals surface area contributed by atoms with Crippen molar-refractivity contribution in [2.45, 2.75) is 76.6 Å². The largest absolute Gasteiger partial charge is 0.481 e. The van der Waals surface area contributed by atoms with Crippen LogP contribution in [0.5, 0.6) is 5.75 Å². The Hall–Kier alpha value is -2.25. The Bertz CT molecular complexity index is 970. The van der Waals surface area contributed by atoms with Gasteiger partial charge in [-0.1, -0.05) is 36.0 Å². The van der Waals surface area contributed by atoms with E-state index in [9.17, 15) is 9.59 Å². The van der Waals surface area contributed by atoms with Crippen molar-refractivity contribution in [1.82, 2.24) is 20.4 Å². The number of nitrogens with one attached hydrogen (secondary N) is 2. The second-order valence-electron chi connectivity index (χ2n) is 9.16. The molecular weight excluding hydrogens is 463 g/mol. The zero-order chi connectivity index (χ0) is 23.4. The van der Waals surface area contributed by atoms with Gasteiger partial charge in [0.2, 0.25) is 0 Å². The van der Waals surface area contributed by atoms with Gasteiger partial charge in [-0.2, -0.15) is 5.10 Å². The first-order valence-corrected chi connectivity index (χ1v) is 12.4. The van der Waals surface area contributed by atoms with Gasteiger partial charge in [0.25, 0.3) is 11.8 Å². The lowest BCUT2D eigenvalue weighted by molar-refractivity contribution is -0.127. The molecule has 1 aromatic carbocycles. The molecule has 2 N–H and O–H groups in total. The lowest BCUT2D eigenvalue weighted by Crippen LogP contribution is -2.42. The van der Waals surface area contributed by atoms with E-state index in [0.29, 0.717) is 33.7 Å². The minimum absolute atomic E-state index is 0.0121. The molecule has 2 fully saturated rings. The molecule has 2 aliphatic rings. The molecular formula is C24H30Cl2N4O3. The average Bonchev–Trinajstić information content (AvgIpc) is 3.50. The van der Waals surface area contributed by atoms with Crippen molar-refractivity contribution in [3.05, 3.63) is 46.2 Å². The summed E-state index contributed by atoms with van der Waals surface area (Å²) < 4.78 is 7.57. The van der Waals surface area contributed by atoms with Gasteiger partial charge in [0.1, 0.15) is 5.75 Å². The molecule has 3 atom stereocenters. The highest BCUT2D eigenvalue weighted by Gasteiger charge is 2.29. The van der Waals surface area contributed by atoms with E-state index in [1.807, 2.05) is 10.9 Å². The van der Waals surface area contributed by atoms with Crippen molar-refractivity contribution in [3.8, 4) is 5.75 Å². The van der Waals surface area contributed by atoms with Crippen LogP contribution in [0.25, 0.3) is 0 Å². The van der Waals surface area contributed by atoms with Gasteiger partial charge >= 0.3 is 0 Å². The van der Waals surface area contributed by atoms with Crippen molar-refractivity contribution in [2.24, 2.45) is 5.92 Å². The Balaban J connectivity index is 1.22. The number of halogens is 2. The zero-order valence-electron chi connectivity index (χ0n) is 18.7. The molecule has 1 heterocycles. The number of benzene rings is 1. The third kappa shape index (κ3) is 6.64. The fourth-order valence-corrected chi connectivity index (χ4v) is 5.23. The predicted octanol–water partition coefficient (Wildman–Crippen LogP) is 4.61. The summed E-state index contributed by atoms with van der Waals surface area (Å²) in [6.45, 7) is 2.56. The van der Waals surface area contributed by atoms with Crippen molar-refractivity contribution >= 4 is 35.0 Å². The zero-order valence-corrected chi connectivity index (χ0v) is 20.2. The summed E-state index contributed by atoms with van der Waals surface area (Å²) >= 11 is 12.0. The smallest absolute Gasteiger partial charge is 0.260 e. The Labute approximate surface area is 204 Å². The highest BCUT2D eigenvalue weighted by Crippen LogP contribution is 2.27. The third-order valence-corrected chi connectivity index (χ3v) is 6.88. The second kappa shape index (κ2) is 10.8. The van der Waals surface area contributed by atoms with Gasteiger partial charge in [0.15, 0.2) is 6.10 Å². The van der Waals surface area contributed by atoms with Crippen LogP contribution in [0.15, 0.2) is 30.6 Å². The number of ether oxygens (including phenoxy) is 1. The van der Waals surface area contributed by atoms with E-state index >= 15 is 0 Å². The van der Waals surface area contributed by atoms with Crippen LogP contribution in [0.2, 0.25) is 10.0 Å². The van der Waals surface area contributed by atoms with Crippen LogP contribution in [-0.4, -0.2) is 39.8 Å². The van der Waals surface area contributed by atoms with Gasteiger partial charge in [-0.3, -0.25) is 14.3 Å². The van der Waals surface area contributed by atoms with Gasteiger partial charge < -0.3 is 15.4 Å². The molecule has 4 rings (SSSR count). The van der Waals surface area contributed by atoms with Crippen LogP contribution in [0.1, 0.15) is 62.2 Å². The first-order chi connectivity index (χ1) is 15.9. The van der Waals surface area contributed by atoms with Crippen LogP contribution in [0.3, 0.4) is 0 Å². The molecule has 0 aliphatic heterocycles. The molecule has 33 heavy (non-hydrogen) atoms. The van der Waals surface area contributed by atoms with Crippen molar-refractivity contribution in [2.75, 3.05) is 0 Å². The first kappa shape index (κ1) is 23.9. The van der Waals surface area contributed by atoms with Crippen LogP contribution in [-0.2, 0) is 11.3 Å². The van der Waals surface area contributed by atoms with Crippen LogP contribution >= 0.6 is 23.2 Å². The Kier molecular flexibility index (Phi) is 7.81. The lowest BCUT2D eigenvalue weighted by atomic mass is 10.1. The van der Waals surface area contributed by atoms with E-state index in [0.717, 1.165) is 19.4 Å². The molecule has 0 saturated heterocycles. The maximum absolute atomic E-state index is 12.7. The van der Waals surface area contributed by atoms with E-state index < -0.39 is 6.10 Å². The standard InChI is InChI=1S/C24H30Cl2N4O3/c1-15(33-22-9-18(25)8-19(26)10-22)23(31)28-20-6-7-21(11-20)29-24(32)17-12-27-30(14-17)13-16-4-2-3-5-16/h8-10,12,14-16,20-21H,2-7,11,13H2,1H3,(H,28,31)(H,29,32)/t15?,20-,21+/m1/s1. The number of hydrogen-bond acceptors (Lipinski definition) is 4. The minimum Gasteiger partial charge on any atom is -0.481 e. The van der Waals surface area contributed by atoms with Gasteiger partial charge in [0.05, 0.1) is 11.8 Å². The topological polar surface area (TPSA) is 85.2 Å². The molecule has 2 amide bonds. The fraction of sp³-hybridized carbons (Fsp3) is 0.542. The van der Waals surface area contributed by atoms with Gasteiger partial charge in [-0.15, -0.1) is 0 Å². The maximum Gasteiger partial charge on any atom is 0.260 e. The summed E-state index contributed by atoms with van der Waals surface area (Å²) in [4.78, 5) is 25.2. The number of amides is 2. The molecule has 0 spiro atoms. The third-order valence-electron chi connectivity index (χ3n) is 6.45. The summed E-state index contributed by atoms with van der Waals surface area (Å²) in [5.41, 5.74) is 0.586. The SMILES string of the molecule is CC(Oc1cc(Cl)cc(Cl)c1)C(=O)N[C@@H]1CC[C@H](NC(=O)c2cnn(CC3CCCC3)c2)C1. The molecule has 1 unspecified atom stereocenters. The summed E-state index contributed by atoms with van der Waals surface area (Å²) in [6.07, 6.45) is 10.1. The molecule has 1 aromatic heterocycles. The molecule has 2 aromatic rings. The van der Waals surface area contributed by atoms with Crippen molar-refractivity contribution < 1.29 is 14.3 Å². The Morgan fingerprint density at radius 1 is 1.09 bits per heavy atom. The molecule has 9 heteroatoms. The van der Waals surface area contributed by atoms with E-state index in [-0.39, 0.29) is 23.9 Å². The van der Waals surface area contributed by atoms with Gasteiger partial charge in [0, 0.05) is 34.9 Å². The summed E-state index contributed by atoms with van der Waals surface area (Å²) in [6, 6.07) is 4.85. The van der Waals surface area contributed by atoms with E-state index in [4.69, 9.17) is 27.9 Å². The number of rotatable bonds is 8. The quantitative estimate of drug-likeness (QED) is 0.562. The summed E-state index contributed by atoms with van der Waals surface area (Å²) in [5, 5.41) is 11.4. The predicted molar refractivity (Wildman–Crippen MR) is 128 cm³/mol. The fourth-order valence-electron chi connectivity index (χ4n) is 4.72. The van der Waals surface area contributed by atoms with E-state index in [2.05, 4.69) is 15.7 Å². The van der Waals surface area contributed by atoms with Crippen molar-refractivity contribution in [1.29, 1.82) is 0 Å².